The second kappa shape index (κ2) is 6.28. The minimum Gasteiger partial charge on any atom is -0.313 e. The first-order valence-electron chi connectivity index (χ1n) is 4.92. The van der Waals surface area contributed by atoms with Crippen molar-refractivity contribution in [3.8, 4) is 0 Å². The van der Waals surface area contributed by atoms with Crippen LogP contribution in [0.2, 0.25) is 0 Å². The fraction of sp³-hybridized carbons (Fsp3) is 0.556. The average Bonchev–Trinajstić information content (AvgIpc) is 2.64. The van der Waals surface area contributed by atoms with Crippen LogP contribution in [-0.2, 0) is 13.6 Å². The van der Waals surface area contributed by atoms with Crippen LogP contribution in [0.25, 0.3) is 0 Å². The third-order valence-electron chi connectivity index (χ3n) is 1.87. The SMILES string of the molecule is CCOP(=O)(OCC)[C@@H](N)c1sccc1Br. The number of rotatable bonds is 6. The van der Waals surface area contributed by atoms with E-state index in [1.807, 2.05) is 11.4 Å². The second-order valence-electron chi connectivity index (χ2n) is 2.95. The third kappa shape index (κ3) is 3.15. The van der Waals surface area contributed by atoms with Crippen LogP contribution in [0.5, 0.6) is 0 Å². The van der Waals surface area contributed by atoms with Gasteiger partial charge in [0.25, 0.3) is 0 Å². The summed E-state index contributed by atoms with van der Waals surface area (Å²) < 4.78 is 23.6. The van der Waals surface area contributed by atoms with Crippen molar-refractivity contribution >= 4 is 34.9 Å². The molecule has 0 saturated heterocycles. The molecule has 16 heavy (non-hydrogen) atoms. The van der Waals surface area contributed by atoms with Crippen molar-refractivity contribution in [1.82, 2.24) is 0 Å². The monoisotopic (exact) mass is 327 g/mol. The van der Waals surface area contributed by atoms with Crippen LogP contribution in [0.3, 0.4) is 0 Å². The zero-order valence-electron chi connectivity index (χ0n) is 9.18. The molecule has 1 heterocycles. The summed E-state index contributed by atoms with van der Waals surface area (Å²) in [4.78, 5) is 0.783. The van der Waals surface area contributed by atoms with Gasteiger partial charge in [-0.3, -0.25) is 4.57 Å². The Balaban J connectivity index is 2.95. The molecule has 7 heteroatoms. The van der Waals surface area contributed by atoms with Crippen LogP contribution in [-0.4, -0.2) is 13.2 Å². The highest BCUT2D eigenvalue weighted by molar-refractivity contribution is 9.10. The molecule has 0 fully saturated rings. The number of nitrogens with two attached hydrogens (primary N) is 1. The van der Waals surface area contributed by atoms with E-state index in [9.17, 15) is 4.57 Å². The first-order chi connectivity index (χ1) is 7.55. The first kappa shape index (κ1) is 14.4. The van der Waals surface area contributed by atoms with Crippen LogP contribution in [0.1, 0.15) is 24.5 Å². The van der Waals surface area contributed by atoms with E-state index in [2.05, 4.69) is 15.9 Å². The predicted octanol–water partition coefficient (Wildman–Crippen LogP) is 3.73. The van der Waals surface area contributed by atoms with Gasteiger partial charge in [-0.25, -0.2) is 0 Å². The van der Waals surface area contributed by atoms with E-state index in [1.54, 1.807) is 13.8 Å². The highest BCUT2D eigenvalue weighted by atomic mass is 79.9. The Labute approximate surface area is 108 Å². The van der Waals surface area contributed by atoms with E-state index >= 15 is 0 Å². The quantitative estimate of drug-likeness (QED) is 0.808. The number of thiophene rings is 1. The van der Waals surface area contributed by atoms with Gasteiger partial charge in [-0.05, 0) is 41.2 Å². The standard InChI is InChI=1S/C9H15BrNO3PS/c1-3-13-15(12,14-4-2)9(11)8-7(10)5-6-16-8/h5-6,9H,3-4,11H2,1-2H3/t9-/m1/s1. The molecule has 0 aliphatic carbocycles. The van der Waals surface area contributed by atoms with Crippen LogP contribution in [0.4, 0.5) is 0 Å². The van der Waals surface area contributed by atoms with Gasteiger partial charge in [-0.2, -0.15) is 0 Å². The maximum absolute atomic E-state index is 12.4. The van der Waals surface area contributed by atoms with Crippen molar-refractivity contribution in [2.45, 2.75) is 19.6 Å². The molecule has 0 unspecified atom stereocenters. The number of hydrogen-bond donors (Lipinski definition) is 1. The number of halogens is 1. The molecule has 0 amide bonds. The van der Waals surface area contributed by atoms with Gasteiger partial charge in [0.2, 0.25) is 0 Å². The Bertz CT molecular complexity index is 375. The molecular weight excluding hydrogens is 313 g/mol. The van der Waals surface area contributed by atoms with E-state index in [4.69, 9.17) is 14.8 Å². The van der Waals surface area contributed by atoms with Gasteiger partial charge in [0.05, 0.1) is 13.2 Å². The van der Waals surface area contributed by atoms with Gasteiger partial charge >= 0.3 is 7.60 Å². The maximum Gasteiger partial charge on any atom is 0.352 e. The van der Waals surface area contributed by atoms with Crippen molar-refractivity contribution in [2.75, 3.05) is 13.2 Å². The topological polar surface area (TPSA) is 61.5 Å². The van der Waals surface area contributed by atoms with E-state index < -0.39 is 13.4 Å². The van der Waals surface area contributed by atoms with Crippen LogP contribution >= 0.6 is 34.9 Å². The van der Waals surface area contributed by atoms with E-state index in [0.29, 0.717) is 13.2 Å². The minimum absolute atomic E-state index is 0.313. The smallest absolute Gasteiger partial charge is 0.313 e. The van der Waals surface area contributed by atoms with Crippen molar-refractivity contribution in [1.29, 1.82) is 0 Å². The summed E-state index contributed by atoms with van der Waals surface area (Å²) in [7, 11) is -3.27. The fourth-order valence-electron chi connectivity index (χ4n) is 1.22. The molecule has 1 aromatic rings. The molecule has 0 aliphatic rings. The Morgan fingerprint density at radius 3 is 2.44 bits per heavy atom. The number of hydrogen-bond acceptors (Lipinski definition) is 5. The Kier molecular flexibility index (Phi) is 5.64. The van der Waals surface area contributed by atoms with Crippen molar-refractivity contribution in [3.63, 3.8) is 0 Å². The Morgan fingerprint density at radius 2 is 2.06 bits per heavy atom. The lowest BCUT2D eigenvalue weighted by Gasteiger charge is -2.22. The van der Waals surface area contributed by atoms with Gasteiger partial charge in [0, 0.05) is 9.35 Å². The largest absolute Gasteiger partial charge is 0.352 e. The molecule has 0 bridgehead atoms. The molecule has 1 aromatic heterocycles. The summed E-state index contributed by atoms with van der Waals surface area (Å²) in [5, 5.41) is 1.88. The van der Waals surface area contributed by atoms with Crippen LogP contribution in [0, 0.1) is 0 Å². The zero-order chi connectivity index (χ0) is 12.2. The molecular formula is C9H15BrNO3PS. The molecule has 0 saturated carbocycles. The van der Waals surface area contributed by atoms with Gasteiger partial charge in [-0.15, -0.1) is 11.3 Å². The van der Waals surface area contributed by atoms with E-state index in [-0.39, 0.29) is 0 Å². The van der Waals surface area contributed by atoms with Crippen molar-refractivity contribution < 1.29 is 13.6 Å². The molecule has 92 valence electrons. The first-order valence-corrected chi connectivity index (χ1v) is 8.20. The lowest BCUT2D eigenvalue weighted by molar-refractivity contribution is 0.212. The Hall–Kier alpha value is 0.290. The lowest BCUT2D eigenvalue weighted by Crippen LogP contribution is -2.14. The summed E-state index contributed by atoms with van der Waals surface area (Å²) in [6.07, 6.45) is 0. The predicted molar refractivity (Wildman–Crippen MR) is 69.8 cm³/mol. The molecule has 0 aromatic carbocycles. The van der Waals surface area contributed by atoms with Gasteiger partial charge in [0.15, 0.2) is 0 Å². The van der Waals surface area contributed by atoms with Crippen LogP contribution < -0.4 is 5.73 Å². The summed E-state index contributed by atoms with van der Waals surface area (Å²) in [5.41, 5.74) is 5.96. The molecule has 2 N–H and O–H groups in total. The third-order valence-corrected chi connectivity index (χ3v) is 6.18. The Morgan fingerprint density at radius 1 is 1.50 bits per heavy atom. The summed E-state index contributed by atoms with van der Waals surface area (Å²) in [6.45, 7) is 4.16. The zero-order valence-corrected chi connectivity index (χ0v) is 12.5. The second-order valence-corrected chi connectivity index (χ2v) is 6.91. The highest BCUT2D eigenvalue weighted by Gasteiger charge is 2.35. The van der Waals surface area contributed by atoms with Crippen molar-refractivity contribution in [2.24, 2.45) is 5.73 Å². The van der Waals surface area contributed by atoms with E-state index in [1.165, 1.54) is 11.3 Å². The van der Waals surface area contributed by atoms with Gasteiger partial charge < -0.3 is 14.8 Å². The summed E-state index contributed by atoms with van der Waals surface area (Å²) in [6, 6.07) is 1.86. The van der Waals surface area contributed by atoms with Gasteiger partial charge in [0.1, 0.15) is 5.78 Å². The summed E-state index contributed by atoms with van der Waals surface area (Å²) in [5.74, 6) is -0.734. The molecule has 0 spiro atoms. The molecule has 1 rings (SSSR count). The lowest BCUT2D eigenvalue weighted by atomic mass is 10.5. The maximum atomic E-state index is 12.4. The summed E-state index contributed by atoms with van der Waals surface area (Å²) >= 11 is 4.79. The average molecular weight is 328 g/mol. The van der Waals surface area contributed by atoms with Crippen molar-refractivity contribution in [3.05, 3.63) is 20.8 Å². The highest BCUT2D eigenvalue weighted by Crippen LogP contribution is 2.59. The van der Waals surface area contributed by atoms with E-state index in [0.717, 1.165) is 9.35 Å². The van der Waals surface area contributed by atoms with Gasteiger partial charge in [-0.1, -0.05) is 0 Å². The van der Waals surface area contributed by atoms with Crippen LogP contribution in [0.15, 0.2) is 15.9 Å². The molecule has 0 radical (unpaired) electrons. The normalized spacial score (nSPS) is 14.0. The fourth-order valence-corrected chi connectivity index (χ4v) is 5.01. The minimum atomic E-state index is -3.27. The molecule has 1 atom stereocenters. The molecule has 4 nitrogen and oxygen atoms in total. The molecule has 0 aliphatic heterocycles.